The van der Waals surface area contributed by atoms with Gasteiger partial charge in [0.2, 0.25) is 11.8 Å². The van der Waals surface area contributed by atoms with Crippen LogP contribution >= 0.6 is 0 Å². The third-order valence-corrected chi connectivity index (χ3v) is 5.95. The quantitative estimate of drug-likeness (QED) is 0.741. The molecule has 2 atom stereocenters. The van der Waals surface area contributed by atoms with Crippen LogP contribution in [0, 0.1) is 11.8 Å². The van der Waals surface area contributed by atoms with Crippen molar-refractivity contribution in [3.05, 3.63) is 11.6 Å². The first-order valence-corrected chi connectivity index (χ1v) is 9.88. The highest BCUT2D eigenvalue weighted by molar-refractivity contribution is 5.79. The topological polar surface area (TPSA) is 40.6 Å². The molecule has 2 aliphatic heterocycles. The lowest BCUT2D eigenvalue weighted by Gasteiger charge is -2.36. The molecule has 0 spiro atoms. The van der Waals surface area contributed by atoms with E-state index in [4.69, 9.17) is 0 Å². The van der Waals surface area contributed by atoms with Crippen LogP contribution in [-0.4, -0.2) is 47.8 Å². The van der Waals surface area contributed by atoms with Gasteiger partial charge >= 0.3 is 0 Å². The molecule has 0 aromatic carbocycles. The zero-order chi connectivity index (χ0) is 16.9. The highest BCUT2D eigenvalue weighted by Crippen LogP contribution is 2.32. The van der Waals surface area contributed by atoms with Gasteiger partial charge in [-0.1, -0.05) is 18.6 Å². The summed E-state index contributed by atoms with van der Waals surface area (Å²) >= 11 is 0. The summed E-state index contributed by atoms with van der Waals surface area (Å²) in [6.45, 7) is 5.75. The highest BCUT2D eigenvalue weighted by Gasteiger charge is 2.28. The highest BCUT2D eigenvalue weighted by atomic mass is 16.2. The molecule has 2 heterocycles. The molecule has 0 radical (unpaired) electrons. The van der Waals surface area contributed by atoms with E-state index in [1.54, 1.807) is 0 Å². The minimum Gasteiger partial charge on any atom is -0.342 e. The number of rotatable bonds is 4. The summed E-state index contributed by atoms with van der Waals surface area (Å²) < 4.78 is 0. The van der Waals surface area contributed by atoms with E-state index in [0.29, 0.717) is 25.2 Å². The fraction of sp³-hybridized carbons (Fsp3) is 0.800. The van der Waals surface area contributed by atoms with Gasteiger partial charge in [0.25, 0.3) is 0 Å². The largest absolute Gasteiger partial charge is 0.342 e. The van der Waals surface area contributed by atoms with Gasteiger partial charge in [0.1, 0.15) is 0 Å². The van der Waals surface area contributed by atoms with Crippen LogP contribution in [0.5, 0.6) is 0 Å². The molecule has 0 N–H and O–H groups in total. The molecule has 0 aromatic heterocycles. The van der Waals surface area contributed by atoms with E-state index in [1.165, 1.54) is 31.3 Å². The van der Waals surface area contributed by atoms with Crippen LogP contribution in [0.2, 0.25) is 0 Å². The van der Waals surface area contributed by atoms with Crippen LogP contribution in [0.15, 0.2) is 11.6 Å². The third-order valence-electron chi connectivity index (χ3n) is 5.95. The van der Waals surface area contributed by atoms with E-state index >= 15 is 0 Å². The second kappa shape index (κ2) is 8.17. The summed E-state index contributed by atoms with van der Waals surface area (Å²) in [5.74, 6) is 1.82. The van der Waals surface area contributed by atoms with Crippen molar-refractivity contribution in [2.45, 2.75) is 64.7 Å². The van der Waals surface area contributed by atoms with Gasteiger partial charge in [0, 0.05) is 39.0 Å². The molecular weight excluding hydrogens is 300 g/mol. The first-order chi connectivity index (χ1) is 11.6. The Morgan fingerprint density at radius 2 is 1.83 bits per heavy atom. The molecule has 1 aliphatic carbocycles. The molecule has 0 saturated carbocycles. The van der Waals surface area contributed by atoms with Crippen LogP contribution < -0.4 is 0 Å². The Kier molecular flexibility index (Phi) is 5.96. The van der Waals surface area contributed by atoms with Crippen LogP contribution in [0.25, 0.3) is 0 Å². The minimum atomic E-state index is 0.236. The fourth-order valence-corrected chi connectivity index (χ4v) is 4.47. The standard InChI is InChI=1S/C20H32N2O2/c1-16-6-5-12-21(14-16)19(23)9-4-10-20(24)22-13-11-17-7-2-3-8-18(17)15-22/h8,16-17H,2-7,9-15H2,1H3. The molecule has 0 aromatic rings. The summed E-state index contributed by atoms with van der Waals surface area (Å²) in [7, 11) is 0. The third kappa shape index (κ3) is 4.40. The Morgan fingerprint density at radius 3 is 2.62 bits per heavy atom. The number of hydrogen-bond donors (Lipinski definition) is 0. The lowest BCUT2D eigenvalue weighted by Crippen LogP contribution is -2.41. The average molecular weight is 332 g/mol. The summed E-state index contributed by atoms with van der Waals surface area (Å²) in [5, 5.41) is 0. The number of nitrogens with zero attached hydrogens (tertiary/aromatic N) is 2. The van der Waals surface area contributed by atoms with E-state index in [2.05, 4.69) is 13.0 Å². The first kappa shape index (κ1) is 17.5. The van der Waals surface area contributed by atoms with Crippen LogP contribution in [0.3, 0.4) is 0 Å². The van der Waals surface area contributed by atoms with Crippen LogP contribution in [-0.2, 0) is 9.59 Å². The SMILES string of the molecule is CC1CCCN(C(=O)CCCC(=O)N2CCC3CCCC=C3C2)C1. The molecule has 0 bridgehead atoms. The van der Waals surface area contributed by atoms with Crippen molar-refractivity contribution in [2.75, 3.05) is 26.2 Å². The van der Waals surface area contributed by atoms with Gasteiger partial charge in [-0.05, 0) is 56.8 Å². The van der Waals surface area contributed by atoms with Gasteiger partial charge in [0.15, 0.2) is 0 Å². The van der Waals surface area contributed by atoms with Crippen molar-refractivity contribution >= 4 is 11.8 Å². The summed E-state index contributed by atoms with van der Waals surface area (Å²) in [6, 6.07) is 0. The zero-order valence-electron chi connectivity index (χ0n) is 15.1. The van der Waals surface area contributed by atoms with E-state index in [-0.39, 0.29) is 11.8 Å². The zero-order valence-corrected chi connectivity index (χ0v) is 15.1. The fourth-order valence-electron chi connectivity index (χ4n) is 4.47. The Bertz CT molecular complexity index is 500. The van der Waals surface area contributed by atoms with E-state index in [9.17, 15) is 9.59 Å². The number of likely N-dealkylation sites (tertiary alicyclic amines) is 2. The molecule has 2 unspecified atom stereocenters. The molecule has 3 rings (SSSR count). The molecule has 4 nitrogen and oxygen atoms in total. The molecule has 24 heavy (non-hydrogen) atoms. The van der Waals surface area contributed by atoms with E-state index < -0.39 is 0 Å². The van der Waals surface area contributed by atoms with Gasteiger partial charge in [-0.25, -0.2) is 0 Å². The summed E-state index contributed by atoms with van der Waals surface area (Å²) in [6.07, 6.45) is 11.4. The van der Waals surface area contributed by atoms with Crippen molar-refractivity contribution in [3.8, 4) is 0 Å². The second-order valence-electron chi connectivity index (χ2n) is 7.95. The Labute approximate surface area is 146 Å². The molecule has 4 heteroatoms. The number of piperidine rings is 2. The Balaban J connectivity index is 1.39. The smallest absolute Gasteiger partial charge is 0.222 e. The van der Waals surface area contributed by atoms with Crippen molar-refractivity contribution in [1.82, 2.24) is 9.80 Å². The predicted octanol–water partition coefficient (Wildman–Crippen LogP) is 3.37. The van der Waals surface area contributed by atoms with Gasteiger partial charge in [-0.2, -0.15) is 0 Å². The molecule has 2 saturated heterocycles. The van der Waals surface area contributed by atoms with E-state index in [1.807, 2.05) is 9.80 Å². The number of amides is 2. The van der Waals surface area contributed by atoms with E-state index in [0.717, 1.165) is 44.9 Å². The minimum absolute atomic E-state index is 0.236. The predicted molar refractivity (Wildman–Crippen MR) is 95.5 cm³/mol. The maximum absolute atomic E-state index is 12.5. The average Bonchev–Trinajstić information content (AvgIpc) is 2.61. The normalized spacial score (nSPS) is 27.5. The second-order valence-corrected chi connectivity index (χ2v) is 7.95. The van der Waals surface area contributed by atoms with Crippen molar-refractivity contribution in [1.29, 1.82) is 0 Å². The Morgan fingerprint density at radius 1 is 1.04 bits per heavy atom. The summed E-state index contributed by atoms with van der Waals surface area (Å²) in [5.41, 5.74) is 1.49. The molecular formula is C20H32N2O2. The molecule has 2 fully saturated rings. The number of carbonyl (C=O) groups is 2. The monoisotopic (exact) mass is 332 g/mol. The molecule has 3 aliphatic rings. The van der Waals surface area contributed by atoms with Gasteiger partial charge in [-0.15, -0.1) is 0 Å². The number of allylic oxidation sites excluding steroid dienone is 1. The van der Waals surface area contributed by atoms with Crippen LogP contribution in [0.1, 0.15) is 64.7 Å². The molecule has 2 amide bonds. The van der Waals surface area contributed by atoms with Gasteiger partial charge in [0.05, 0.1) is 0 Å². The van der Waals surface area contributed by atoms with Crippen molar-refractivity contribution < 1.29 is 9.59 Å². The Hall–Kier alpha value is -1.32. The van der Waals surface area contributed by atoms with Crippen molar-refractivity contribution in [3.63, 3.8) is 0 Å². The lowest BCUT2D eigenvalue weighted by molar-refractivity contribution is -0.134. The maximum Gasteiger partial charge on any atom is 0.222 e. The maximum atomic E-state index is 12.5. The molecule has 134 valence electrons. The number of hydrogen-bond acceptors (Lipinski definition) is 2. The lowest BCUT2D eigenvalue weighted by atomic mass is 9.82. The number of fused-ring (bicyclic) bond motifs is 1. The first-order valence-electron chi connectivity index (χ1n) is 9.88. The van der Waals surface area contributed by atoms with Crippen molar-refractivity contribution in [2.24, 2.45) is 11.8 Å². The summed E-state index contributed by atoms with van der Waals surface area (Å²) in [4.78, 5) is 28.7. The van der Waals surface area contributed by atoms with Crippen LogP contribution in [0.4, 0.5) is 0 Å². The van der Waals surface area contributed by atoms with Gasteiger partial charge < -0.3 is 9.80 Å². The number of carbonyl (C=O) groups excluding carboxylic acids is 2. The van der Waals surface area contributed by atoms with Gasteiger partial charge in [-0.3, -0.25) is 9.59 Å².